The summed E-state index contributed by atoms with van der Waals surface area (Å²) >= 11 is 0. The van der Waals surface area contributed by atoms with Crippen molar-refractivity contribution < 1.29 is 14.3 Å². The van der Waals surface area contributed by atoms with Crippen LogP contribution in [0.15, 0.2) is 24.3 Å². The fourth-order valence-corrected chi connectivity index (χ4v) is 3.30. The number of rotatable bonds is 7. The van der Waals surface area contributed by atoms with Gasteiger partial charge in [-0.2, -0.15) is 0 Å². The summed E-state index contributed by atoms with van der Waals surface area (Å²) in [6.07, 6.45) is 3.16. The molecule has 0 bridgehead atoms. The lowest BCUT2D eigenvalue weighted by Gasteiger charge is -2.25. The first-order valence-electron chi connectivity index (χ1n) is 11.5. The summed E-state index contributed by atoms with van der Waals surface area (Å²) in [5.41, 5.74) is 6.98. The van der Waals surface area contributed by atoms with E-state index in [0.29, 0.717) is 37.6 Å². The fraction of sp³-hybridized carbons (Fsp3) is 0.385. The van der Waals surface area contributed by atoms with Crippen molar-refractivity contribution in [2.45, 2.75) is 39.2 Å². The number of nitrogens with one attached hydrogen (secondary N) is 3. The van der Waals surface area contributed by atoms with Crippen LogP contribution >= 0.6 is 0 Å². The minimum absolute atomic E-state index is 0.200. The molecule has 1 amide bonds. The number of aryl methyl sites for hydroxylation is 1. The van der Waals surface area contributed by atoms with E-state index < -0.39 is 0 Å². The highest BCUT2D eigenvalue weighted by Gasteiger charge is 2.18. The first kappa shape index (κ1) is 27.3. The standard InChI is InChI=1S/C25H27N5O3.CH5N/c1-3-7-23(32)26-13-6-9-18-8-5-10-20(16-18)28-25-22(17-31)29-21(4-2)24(30-25)27-19-11-14-33-15-12-19;1-2/h5,8,10,16-17,19H,4,11-15H2,1-2H3,(H,26,32)(H2,27,28,30);2H2,1H3. The first-order chi connectivity index (χ1) is 17.1. The van der Waals surface area contributed by atoms with Gasteiger partial charge in [0, 0.05) is 30.5 Å². The Labute approximate surface area is 206 Å². The zero-order valence-corrected chi connectivity index (χ0v) is 20.4. The van der Waals surface area contributed by atoms with E-state index in [1.165, 1.54) is 7.05 Å². The van der Waals surface area contributed by atoms with Crippen LogP contribution in [0, 0.1) is 23.7 Å². The van der Waals surface area contributed by atoms with Crippen molar-refractivity contribution in [1.29, 1.82) is 0 Å². The van der Waals surface area contributed by atoms with Gasteiger partial charge in [0.1, 0.15) is 11.5 Å². The fourth-order valence-electron chi connectivity index (χ4n) is 3.30. The van der Waals surface area contributed by atoms with Crippen LogP contribution in [0.4, 0.5) is 17.3 Å². The molecule has 1 aromatic heterocycles. The number of amides is 1. The second-order valence-corrected chi connectivity index (χ2v) is 7.32. The minimum atomic E-state index is -0.358. The van der Waals surface area contributed by atoms with Crippen LogP contribution in [0.1, 0.15) is 48.4 Å². The molecular weight excluding hydrogens is 444 g/mol. The van der Waals surface area contributed by atoms with Crippen molar-refractivity contribution in [3.05, 3.63) is 41.2 Å². The van der Waals surface area contributed by atoms with Gasteiger partial charge in [0.25, 0.3) is 5.91 Å². The van der Waals surface area contributed by atoms with E-state index in [-0.39, 0.29) is 24.2 Å². The van der Waals surface area contributed by atoms with Gasteiger partial charge >= 0.3 is 0 Å². The Morgan fingerprint density at radius 2 is 2.00 bits per heavy atom. The highest BCUT2D eigenvalue weighted by atomic mass is 16.5. The van der Waals surface area contributed by atoms with Crippen LogP contribution in [-0.2, 0) is 16.0 Å². The molecule has 35 heavy (non-hydrogen) atoms. The maximum Gasteiger partial charge on any atom is 0.296 e. The van der Waals surface area contributed by atoms with Gasteiger partial charge in [0.2, 0.25) is 0 Å². The summed E-state index contributed by atoms with van der Waals surface area (Å²) in [4.78, 5) is 32.3. The molecule has 5 N–H and O–H groups in total. The third-order valence-corrected chi connectivity index (χ3v) is 4.94. The average Bonchev–Trinajstić information content (AvgIpc) is 2.89. The van der Waals surface area contributed by atoms with E-state index in [2.05, 4.69) is 50.3 Å². The predicted octanol–water partition coefficient (Wildman–Crippen LogP) is 2.25. The van der Waals surface area contributed by atoms with E-state index in [1.807, 2.05) is 31.2 Å². The minimum Gasteiger partial charge on any atom is -0.381 e. The lowest BCUT2D eigenvalue weighted by molar-refractivity contribution is -0.115. The molecular formula is C26H32N6O3. The topological polar surface area (TPSA) is 131 Å². The smallest absolute Gasteiger partial charge is 0.296 e. The molecule has 1 aromatic carbocycles. The molecule has 0 atom stereocenters. The Hall–Kier alpha value is -3.92. The number of nitrogens with two attached hydrogens (primary N) is 1. The SMILES string of the molecule is CC#CC(=O)NCC#Cc1cccc(Nc2nc(NC3CCOCC3)c(CC)nc2C=O)c1.CN. The number of nitrogens with zero attached hydrogens (tertiary/aromatic N) is 2. The maximum absolute atomic E-state index is 11.7. The zero-order chi connectivity index (χ0) is 25.5. The van der Waals surface area contributed by atoms with Gasteiger partial charge in [0.05, 0.1) is 12.2 Å². The molecule has 1 saturated heterocycles. The molecule has 1 aliphatic heterocycles. The Balaban J connectivity index is 0.00000210. The van der Waals surface area contributed by atoms with Crippen molar-refractivity contribution >= 4 is 29.5 Å². The first-order valence-corrected chi connectivity index (χ1v) is 11.5. The molecule has 1 fully saturated rings. The number of ether oxygens (including phenoxy) is 1. The van der Waals surface area contributed by atoms with Gasteiger partial charge in [0.15, 0.2) is 12.1 Å². The number of hydrogen-bond acceptors (Lipinski definition) is 8. The lowest BCUT2D eigenvalue weighted by Crippen LogP contribution is -2.29. The maximum atomic E-state index is 11.7. The van der Waals surface area contributed by atoms with Crippen molar-refractivity contribution in [1.82, 2.24) is 15.3 Å². The van der Waals surface area contributed by atoms with Crippen LogP contribution < -0.4 is 21.7 Å². The van der Waals surface area contributed by atoms with E-state index in [1.54, 1.807) is 6.92 Å². The van der Waals surface area contributed by atoms with Crippen molar-refractivity contribution in [2.24, 2.45) is 5.73 Å². The van der Waals surface area contributed by atoms with E-state index >= 15 is 0 Å². The molecule has 3 rings (SSSR count). The molecule has 0 aliphatic carbocycles. The Kier molecular flexibility index (Phi) is 11.8. The zero-order valence-electron chi connectivity index (χ0n) is 20.4. The molecule has 2 aromatic rings. The molecule has 184 valence electrons. The van der Waals surface area contributed by atoms with Crippen LogP contribution in [0.5, 0.6) is 0 Å². The Bertz CT molecular complexity index is 1120. The quantitative estimate of drug-likeness (QED) is 0.354. The van der Waals surface area contributed by atoms with Crippen LogP contribution in [0.3, 0.4) is 0 Å². The number of aromatic nitrogens is 2. The molecule has 9 heteroatoms. The molecule has 0 unspecified atom stereocenters. The highest BCUT2D eigenvalue weighted by Crippen LogP contribution is 2.24. The molecule has 9 nitrogen and oxygen atoms in total. The van der Waals surface area contributed by atoms with Crippen LogP contribution in [-0.4, -0.2) is 55.0 Å². The lowest BCUT2D eigenvalue weighted by atomic mass is 10.1. The molecule has 1 aliphatic rings. The monoisotopic (exact) mass is 476 g/mol. The summed E-state index contributed by atoms with van der Waals surface area (Å²) in [5.74, 6) is 11.5. The van der Waals surface area contributed by atoms with Crippen LogP contribution in [0.2, 0.25) is 0 Å². The highest BCUT2D eigenvalue weighted by molar-refractivity contribution is 5.93. The van der Waals surface area contributed by atoms with E-state index in [4.69, 9.17) is 9.72 Å². The number of carbonyl (C=O) groups excluding carboxylic acids is 2. The Morgan fingerprint density at radius 1 is 1.23 bits per heavy atom. The van der Waals surface area contributed by atoms with E-state index in [0.717, 1.165) is 29.8 Å². The summed E-state index contributed by atoms with van der Waals surface area (Å²) in [5, 5.41) is 9.26. The van der Waals surface area contributed by atoms with Gasteiger partial charge in [-0.3, -0.25) is 9.59 Å². The molecule has 0 radical (unpaired) electrons. The summed E-state index contributed by atoms with van der Waals surface area (Å²) < 4.78 is 5.43. The second-order valence-electron chi connectivity index (χ2n) is 7.32. The molecule has 2 heterocycles. The Morgan fingerprint density at radius 3 is 2.69 bits per heavy atom. The van der Waals surface area contributed by atoms with Crippen LogP contribution in [0.25, 0.3) is 0 Å². The molecule has 0 spiro atoms. The normalized spacial score (nSPS) is 12.5. The summed E-state index contributed by atoms with van der Waals surface area (Å²) in [7, 11) is 1.50. The molecule has 0 saturated carbocycles. The van der Waals surface area contributed by atoms with Crippen molar-refractivity contribution in [3.8, 4) is 23.7 Å². The third kappa shape index (κ3) is 8.74. The van der Waals surface area contributed by atoms with Crippen molar-refractivity contribution in [2.75, 3.05) is 37.4 Å². The number of anilines is 3. The van der Waals surface area contributed by atoms with Gasteiger partial charge in [-0.1, -0.05) is 30.8 Å². The van der Waals surface area contributed by atoms with Gasteiger partial charge in [-0.05, 0) is 57.4 Å². The number of carbonyl (C=O) groups is 2. The predicted molar refractivity (Wildman–Crippen MR) is 137 cm³/mol. The third-order valence-electron chi connectivity index (χ3n) is 4.94. The van der Waals surface area contributed by atoms with E-state index in [9.17, 15) is 9.59 Å². The second kappa shape index (κ2) is 15.1. The summed E-state index contributed by atoms with van der Waals surface area (Å²) in [6, 6.07) is 7.67. The largest absolute Gasteiger partial charge is 0.381 e. The number of aldehydes is 1. The van der Waals surface area contributed by atoms with Gasteiger partial charge in [-0.15, -0.1) is 0 Å². The van der Waals surface area contributed by atoms with Gasteiger partial charge in [-0.25, -0.2) is 9.97 Å². The van der Waals surface area contributed by atoms with Crippen molar-refractivity contribution in [3.63, 3.8) is 0 Å². The summed E-state index contributed by atoms with van der Waals surface area (Å²) in [6.45, 7) is 5.22. The number of hydrogen-bond donors (Lipinski definition) is 4. The average molecular weight is 477 g/mol. The van der Waals surface area contributed by atoms with Gasteiger partial charge < -0.3 is 26.4 Å². The number of benzene rings is 1.